The molecule has 0 bridgehead atoms. The maximum atomic E-state index is 12.9. The number of nitrogens with zero attached hydrogens (tertiary/aromatic N) is 1. The van der Waals surface area contributed by atoms with Crippen LogP contribution in [0.1, 0.15) is 220 Å². The van der Waals surface area contributed by atoms with Gasteiger partial charge in [0.2, 0.25) is 5.91 Å². The highest BCUT2D eigenvalue weighted by molar-refractivity contribution is 7.47. The molecule has 318 valence electrons. The van der Waals surface area contributed by atoms with Crippen molar-refractivity contribution in [3.05, 3.63) is 0 Å². The number of quaternary nitrogens is 1. The Morgan fingerprint density at radius 1 is 0.623 bits per heavy atom. The first-order chi connectivity index (χ1) is 25.4. The van der Waals surface area contributed by atoms with Gasteiger partial charge in [-0.1, -0.05) is 201 Å². The molecule has 3 N–H and O–H groups in total. The smallest absolute Gasteiger partial charge is 0.391 e. The van der Waals surface area contributed by atoms with Crippen molar-refractivity contribution in [3.63, 3.8) is 0 Å². The number of phosphoric ester groups is 1. The summed E-state index contributed by atoms with van der Waals surface area (Å²) in [5, 5.41) is 13.9. The molecule has 0 spiro atoms. The van der Waals surface area contributed by atoms with Crippen LogP contribution in [0.15, 0.2) is 0 Å². The van der Waals surface area contributed by atoms with Crippen LogP contribution in [0.4, 0.5) is 0 Å². The van der Waals surface area contributed by atoms with Crippen LogP contribution in [0.3, 0.4) is 0 Å². The van der Waals surface area contributed by atoms with Crippen molar-refractivity contribution < 1.29 is 32.9 Å². The van der Waals surface area contributed by atoms with Gasteiger partial charge in [-0.15, -0.1) is 0 Å². The van der Waals surface area contributed by atoms with E-state index in [1.165, 1.54) is 148 Å². The van der Waals surface area contributed by atoms with E-state index in [0.29, 0.717) is 23.9 Å². The zero-order chi connectivity index (χ0) is 39.5. The zero-order valence-electron chi connectivity index (χ0n) is 36.2. The summed E-state index contributed by atoms with van der Waals surface area (Å²) >= 11 is 0. The molecule has 1 amide bonds. The van der Waals surface area contributed by atoms with Crippen LogP contribution in [-0.4, -0.2) is 73.4 Å². The van der Waals surface area contributed by atoms with Crippen molar-refractivity contribution in [2.75, 3.05) is 40.9 Å². The van der Waals surface area contributed by atoms with Crippen molar-refractivity contribution >= 4 is 13.7 Å². The fourth-order valence-electron chi connectivity index (χ4n) is 6.85. The predicted octanol–water partition coefficient (Wildman–Crippen LogP) is 12.4. The number of phosphoric acid groups is 1. The van der Waals surface area contributed by atoms with E-state index >= 15 is 0 Å². The summed E-state index contributed by atoms with van der Waals surface area (Å²) in [5.41, 5.74) is 0. The number of nitrogens with one attached hydrogen (secondary N) is 1. The van der Waals surface area contributed by atoms with E-state index in [9.17, 15) is 19.4 Å². The van der Waals surface area contributed by atoms with Crippen LogP contribution in [0.2, 0.25) is 0 Å². The number of unbranched alkanes of at least 4 members (excludes halogenated alkanes) is 25. The van der Waals surface area contributed by atoms with Gasteiger partial charge in [-0.3, -0.25) is 13.8 Å². The summed E-state index contributed by atoms with van der Waals surface area (Å²) < 4.78 is 23.6. The van der Waals surface area contributed by atoms with E-state index in [1.807, 2.05) is 21.1 Å². The fourth-order valence-corrected chi connectivity index (χ4v) is 7.58. The molecule has 0 aliphatic rings. The molecule has 0 aliphatic carbocycles. The van der Waals surface area contributed by atoms with Gasteiger partial charge in [0.25, 0.3) is 0 Å². The minimum absolute atomic E-state index is 0.0775. The van der Waals surface area contributed by atoms with Crippen LogP contribution in [-0.2, 0) is 18.4 Å². The average molecular weight is 776 g/mol. The Morgan fingerprint density at radius 2 is 1.02 bits per heavy atom. The van der Waals surface area contributed by atoms with Crippen molar-refractivity contribution in [2.24, 2.45) is 5.92 Å². The third-order valence-electron chi connectivity index (χ3n) is 10.9. The second kappa shape index (κ2) is 35.9. The van der Waals surface area contributed by atoms with E-state index in [1.54, 1.807) is 0 Å². The summed E-state index contributed by atoms with van der Waals surface area (Å²) in [6, 6.07) is -0.754. The van der Waals surface area contributed by atoms with E-state index < -0.39 is 20.0 Å². The summed E-state index contributed by atoms with van der Waals surface area (Å²) in [5.74, 6) is 0.695. The van der Waals surface area contributed by atoms with Crippen LogP contribution < -0.4 is 5.32 Å². The number of carbonyl (C=O) groups excluding carboxylic acids is 1. The number of rotatable bonds is 41. The first kappa shape index (κ1) is 52.5. The van der Waals surface area contributed by atoms with Crippen LogP contribution >= 0.6 is 7.82 Å². The maximum Gasteiger partial charge on any atom is 0.472 e. The molecule has 0 fully saturated rings. The maximum absolute atomic E-state index is 12.9. The van der Waals surface area contributed by atoms with Gasteiger partial charge >= 0.3 is 7.82 Å². The molecule has 0 aliphatic heterocycles. The van der Waals surface area contributed by atoms with E-state index in [0.717, 1.165) is 44.4 Å². The standard InChI is InChI=1S/C44H91N2O6P/c1-7-9-10-11-12-13-14-15-16-17-18-19-20-21-22-23-28-31-34-37-44(48)45-42(40-52-53(49,50)51-39-38-46(4,5)6)43(47)36-33-30-27-25-24-26-29-32-35-41(3)8-2/h41-43,47H,7-40H2,1-6H3,(H-,45,48,49,50)/p+1/t41?,42-,43+/m0/s1. The molecule has 0 heterocycles. The molecular formula is C44H92N2O6P+. The molecule has 0 radical (unpaired) electrons. The van der Waals surface area contributed by atoms with E-state index in [4.69, 9.17) is 9.05 Å². The molecular weight excluding hydrogens is 683 g/mol. The quantitative estimate of drug-likeness (QED) is 0.0324. The third-order valence-corrected chi connectivity index (χ3v) is 11.9. The number of aliphatic hydroxyl groups excluding tert-OH is 1. The Balaban J connectivity index is 4.27. The van der Waals surface area contributed by atoms with Gasteiger partial charge in [-0.25, -0.2) is 4.57 Å². The second-order valence-corrected chi connectivity index (χ2v) is 18.8. The predicted molar refractivity (Wildman–Crippen MR) is 226 cm³/mol. The largest absolute Gasteiger partial charge is 0.472 e. The molecule has 0 aromatic carbocycles. The van der Waals surface area contributed by atoms with Gasteiger partial charge in [-0.05, 0) is 18.8 Å². The van der Waals surface area contributed by atoms with Crippen LogP contribution in [0, 0.1) is 5.92 Å². The number of amides is 1. The van der Waals surface area contributed by atoms with Crippen molar-refractivity contribution in [2.45, 2.75) is 232 Å². The zero-order valence-corrected chi connectivity index (χ0v) is 37.1. The second-order valence-electron chi connectivity index (χ2n) is 17.4. The van der Waals surface area contributed by atoms with Crippen molar-refractivity contribution in [1.82, 2.24) is 5.32 Å². The molecule has 0 saturated heterocycles. The first-order valence-corrected chi connectivity index (χ1v) is 24.3. The first-order valence-electron chi connectivity index (χ1n) is 22.8. The Labute approximate surface area is 329 Å². The van der Waals surface area contributed by atoms with Gasteiger partial charge in [-0.2, -0.15) is 0 Å². The lowest BCUT2D eigenvalue weighted by molar-refractivity contribution is -0.870. The minimum Gasteiger partial charge on any atom is -0.391 e. The molecule has 0 aromatic heterocycles. The van der Waals surface area contributed by atoms with Crippen LogP contribution in [0.25, 0.3) is 0 Å². The number of aliphatic hydroxyl groups is 1. The van der Waals surface area contributed by atoms with Gasteiger partial charge in [0.15, 0.2) is 0 Å². The third kappa shape index (κ3) is 38.2. The molecule has 8 nitrogen and oxygen atoms in total. The summed E-state index contributed by atoms with van der Waals surface area (Å²) in [6.07, 6.45) is 37.0. The van der Waals surface area contributed by atoms with Gasteiger partial charge in [0, 0.05) is 6.42 Å². The molecule has 9 heteroatoms. The van der Waals surface area contributed by atoms with E-state index in [-0.39, 0.29) is 19.1 Å². The average Bonchev–Trinajstić information content (AvgIpc) is 3.10. The Kier molecular flexibility index (Phi) is 35.5. The Bertz CT molecular complexity index is 854. The highest BCUT2D eigenvalue weighted by Crippen LogP contribution is 2.43. The number of hydrogen-bond acceptors (Lipinski definition) is 5. The molecule has 0 rings (SSSR count). The Hall–Kier alpha value is -0.500. The number of carbonyl (C=O) groups is 1. The minimum atomic E-state index is -4.31. The Morgan fingerprint density at radius 3 is 1.43 bits per heavy atom. The van der Waals surface area contributed by atoms with Gasteiger partial charge < -0.3 is 19.8 Å². The number of hydrogen-bond donors (Lipinski definition) is 3. The lowest BCUT2D eigenvalue weighted by Gasteiger charge is -2.26. The highest BCUT2D eigenvalue weighted by Gasteiger charge is 2.28. The molecule has 0 aromatic rings. The summed E-state index contributed by atoms with van der Waals surface area (Å²) in [4.78, 5) is 23.1. The van der Waals surface area contributed by atoms with Crippen molar-refractivity contribution in [3.8, 4) is 0 Å². The van der Waals surface area contributed by atoms with Gasteiger partial charge in [0.05, 0.1) is 39.9 Å². The fraction of sp³-hybridized carbons (Fsp3) is 0.977. The van der Waals surface area contributed by atoms with Gasteiger partial charge in [0.1, 0.15) is 13.2 Å². The lowest BCUT2D eigenvalue weighted by atomic mass is 9.99. The van der Waals surface area contributed by atoms with E-state index in [2.05, 4.69) is 26.1 Å². The monoisotopic (exact) mass is 776 g/mol. The van der Waals surface area contributed by atoms with Crippen LogP contribution in [0.5, 0.6) is 0 Å². The normalized spacial score (nSPS) is 14.9. The molecule has 4 atom stereocenters. The number of likely N-dealkylation sites (N-methyl/N-ethyl adjacent to an activating group) is 1. The topological polar surface area (TPSA) is 105 Å². The SMILES string of the molecule is CCCCCCCCCCCCCCCCCCCCCC(=O)N[C@@H](COP(=O)(O)OCC[N+](C)(C)C)[C@H](O)CCCCCCCCCCC(C)CC. The summed E-state index contributed by atoms with van der Waals surface area (Å²) in [7, 11) is 1.62. The molecule has 0 saturated carbocycles. The van der Waals surface area contributed by atoms with Crippen molar-refractivity contribution in [1.29, 1.82) is 0 Å². The molecule has 53 heavy (non-hydrogen) atoms. The molecule has 2 unspecified atom stereocenters. The summed E-state index contributed by atoms with van der Waals surface area (Å²) in [6.45, 7) is 7.25. The highest BCUT2D eigenvalue weighted by atomic mass is 31.2. The lowest BCUT2D eigenvalue weighted by Crippen LogP contribution is -2.46.